The molecule has 1 saturated carbocycles. The fourth-order valence-corrected chi connectivity index (χ4v) is 2.12. The van der Waals surface area contributed by atoms with E-state index in [1.54, 1.807) is 0 Å². The molecule has 1 aliphatic carbocycles. The molecule has 0 amide bonds. The summed E-state index contributed by atoms with van der Waals surface area (Å²) in [6.07, 6.45) is 1.41. The molecule has 2 nitrogen and oxygen atoms in total. The molecule has 2 heteroatoms. The van der Waals surface area contributed by atoms with E-state index in [4.69, 9.17) is 4.74 Å². The maximum absolute atomic E-state index is 5.38. The maximum atomic E-state index is 5.38. The van der Waals surface area contributed by atoms with E-state index in [9.17, 15) is 0 Å². The lowest BCUT2D eigenvalue weighted by atomic mass is 10.1. The second kappa shape index (κ2) is 1.95. The highest BCUT2D eigenvalue weighted by Crippen LogP contribution is 2.56. The van der Waals surface area contributed by atoms with Gasteiger partial charge in [-0.3, -0.25) is 0 Å². The smallest absolute Gasteiger partial charge is 0.0538 e. The average molecular weight is 141 g/mol. The van der Waals surface area contributed by atoms with Crippen LogP contribution in [0.3, 0.4) is 0 Å². The number of ether oxygens (including phenoxy) is 1. The van der Waals surface area contributed by atoms with Crippen LogP contribution in [0.25, 0.3) is 0 Å². The van der Waals surface area contributed by atoms with Gasteiger partial charge in [-0.25, -0.2) is 0 Å². The summed E-state index contributed by atoms with van der Waals surface area (Å²) in [6.45, 7) is 3.25. The van der Waals surface area contributed by atoms with Crippen LogP contribution in [0, 0.1) is 11.3 Å². The minimum absolute atomic E-state index is 0.587. The van der Waals surface area contributed by atoms with Crippen molar-refractivity contribution in [1.82, 2.24) is 4.90 Å². The molecule has 1 heterocycles. The van der Waals surface area contributed by atoms with Crippen molar-refractivity contribution in [3.05, 3.63) is 0 Å². The van der Waals surface area contributed by atoms with Gasteiger partial charge in [0.1, 0.15) is 0 Å². The molecule has 58 valence electrons. The van der Waals surface area contributed by atoms with E-state index >= 15 is 0 Å². The molecule has 2 rings (SSSR count). The molecule has 0 spiro atoms. The Labute approximate surface area is 62.2 Å². The molecular weight excluding hydrogens is 126 g/mol. The van der Waals surface area contributed by atoms with Gasteiger partial charge in [0.25, 0.3) is 0 Å². The Morgan fingerprint density at radius 2 is 2.40 bits per heavy atom. The van der Waals surface area contributed by atoms with Gasteiger partial charge in [-0.1, -0.05) is 0 Å². The van der Waals surface area contributed by atoms with Crippen molar-refractivity contribution in [2.75, 3.05) is 33.9 Å². The van der Waals surface area contributed by atoms with Crippen molar-refractivity contribution < 1.29 is 4.74 Å². The third-order valence-electron chi connectivity index (χ3n) is 2.70. The normalized spacial score (nSPS) is 44.1. The highest BCUT2D eigenvalue weighted by atomic mass is 16.5. The topological polar surface area (TPSA) is 12.5 Å². The van der Waals surface area contributed by atoms with Crippen molar-refractivity contribution in [3.63, 3.8) is 0 Å². The highest BCUT2D eigenvalue weighted by molar-refractivity contribution is 5.06. The van der Waals surface area contributed by atoms with Crippen molar-refractivity contribution >= 4 is 0 Å². The molecule has 2 aliphatic rings. The molecule has 1 saturated heterocycles. The average Bonchev–Trinajstić information content (AvgIpc) is 2.33. The van der Waals surface area contributed by atoms with Gasteiger partial charge < -0.3 is 9.64 Å². The van der Waals surface area contributed by atoms with Gasteiger partial charge >= 0.3 is 0 Å². The maximum Gasteiger partial charge on any atom is 0.0538 e. The first-order valence-corrected chi connectivity index (χ1v) is 3.95. The summed E-state index contributed by atoms with van der Waals surface area (Å²) in [7, 11) is 4.28. The van der Waals surface area contributed by atoms with E-state index in [0.29, 0.717) is 5.41 Å². The summed E-state index contributed by atoms with van der Waals surface area (Å²) in [5.74, 6) is 0.898. The second-order valence-electron chi connectivity index (χ2n) is 4.02. The Kier molecular flexibility index (Phi) is 1.29. The van der Waals surface area contributed by atoms with Crippen molar-refractivity contribution in [2.45, 2.75) is 6.42 Å². The number of fused-ring (bicyclic) bond motifs is 1. The van der Waals surface area contributed by atoms with Gasteiger partial charge in [0.2, 0.25) is 0 Å². The number of hydrogen-bond acceptors (Lipinski definition) is 2. The monoisotopic (exact) mass is 141 g/mol. The largest absolute Gasteiger partial charge is 0.380 e. The quantitative estimate of drug-likeness (QED) is 0.558. The number of nitrogens with zero attached hydrogens (tertiary/aromatic N) is 1. The van der Waals surface area contributed by atoms with E-state index in [0.717, 1.165) is 19.1 Å². The molecule has 0 N–H and O–H groups in total. The summed E-state index contributed by atoms with van der Waals surface area (Å²) in [5.41, 5.74) is 0.587. The Bertz CT molecular complexity index is 146. The molecule has 0 aromatic rings. The van der Waals surface area contributed by atoms with Crippen molar-refractivity contribution in [2.24, 2.45) is 11.3 Å². The zero-order valence-corrected chi connectivity index (χ0v) is 6.76. The number of rotatable bonds is 2. The second-order valence-corrected chi connectivity index (χ2v) is 4.02. The summed E-state index contributed by atoms with van der Waals surface area (Å²) in [6, 6.07) is 0. The fraction of sp³-hybridized carbons (Fsp3) is 1.00. The van der Waals surface area contributed by atoms with Crippen LogP contribution < -0.4 is 0 Å². The molecule has 0 aromatic carbocycles. The molecular formula is C8H15NO. The van der Waals surface area contributed by atoms with E-state index in [1.165, 1.54) is 13.0 Å². The van der Waals surface area contributed by atoms with Crippen LogP contribution in [0.5, 0.6) is 0 Å². The lowest BCUT2D eigenvalue weighted by molar-refractivity contribution is 0.136. The van der Waals surface area contributed by atoms with Gasteiger partial charge in [-0.15, -0.1) is 0 Å². The van der Waals surface area contributed by atoms with Crippen LogP contribution in [0.15, 0.2) is 0 Å². The van der Waals surface area contributed by atoms with E-state index in [2.05, 4.69) is 19.0 Å². The predicted molar refractivity (Wildman–Crippen MR) is 39.9 cm³/mol. The Balaban J connectivity index is 1.93. The third-order valence-corrected chi connectivity index (χ3v) is 2.70. The molecule has 2 fully saturated rings. The molecule has 2 unspecified atom stereocenters. The van der Waals surface area contributed by atoms with Crippen LogP contribution in [-0.4, -0.2) is 38.8 Å². The van der Waals surface area contributed by atoms with Crippen molar-refractivity contribution in [1.29, 1.82) is 0 Å². The summed E-state index contributed by atoms with van der Waals surface area (Å²) >= 11 is 0. The zero-order chi connectivity index (χ0) is 7.19. The molecule has 2 atom stereocenters. The van der Waals surface area contributed by atoms with Gasteiger partial charge in [0.15, 0.2) is 0 Å². The third kappa shape index (κ3) is 0.867. The Hall–Kier alpha value is -0.0800. The minimum atomic E-state index is 0.587. The summed E-state index contributed by atoms with van der Waals surface area (Å²) in [4.78, 5) is 2.27. The fourth-order valence-electron chi connectivity index (χ4n) is 2.12. The van der Waals surface area contributed by atoms with E-state index < -0.39 is 0 Å². The first-order chi connectivity index (χ1) is 4.73. The van der Waals surface area contributed by atoms with Crippen LogP contribution >= 0.6 is 0 Å². The van der Waals surface area contributed by atoms with Crippen LogP contribution in [0.1, 0.15) is 6.42 Å². The standard InChI is InChI=1S/C8H15NO/c1-9(2)5-8-3-7(8)4-10-6-8/h7H,3-6H2,1-2H3. The van der Waals surface area contributed by atoms with Gasteiger partial charge in [-0.2, -0.15) is 0 Å². The Morgan fingerprint density at radius 3 is 2.80 bits per heavy atom. The van der Waals surface area contributed by atoms with E-state index in [1.807, 2.05) is 0 Å². The first kappa shape index (κ1) is 6.62. The summed E-state index contributed by atoms with van der Waals surface area (Å²) < 4.78 is 5.38. The van der Waals surface area contributed by atoms with Crippen molar-refractivity contribution in [3.8, 4) is 0 Å². The lowest BCUT2D eigenvalue weighted by Gasteiger charge is -2.16. The molecule has 0 aromatic heterocycles. The van der Waals surface area contributed by atoms with Gasteiger partial charge in [0.05, 0.1) is 13.2 Å². The lowest BCUT2D eigenvalue weighted by Crippen LogP contribution is -2.25. The van der Waals surface area contributed by atoms with Crippen LogP contribution in [0.2, 0.25) is 0 Å². The van der Waals surface area contributed by atoms with Gasteiger partial charge in [0, 0.05) is 12.0 Å². The molecule has 10 heavy (non-hydrogen) atoms. The van der Waals surface area contributed by atoms with Gasteiger partial charge in [-0.05, 0) is 26.4 Å². The summed E-state index contributed by atoms with van der Waals surface area (Å²) in [5, 5.41) is 0. The van der Waals surface area contributed by atoms with E-state index in [-0.39, 0.29) is 0 Å². The van der Waals surface area contributed by atoms with Crippen LogP contribution in [-0.2, 0) is 4.74 Å². The first-order valence-electron chi connectivity index (χ1n) is 3.95. The predicted octanol–water partition coefficient (Wildman–Crippen LogP) is 0.585. The molecule has 1 aliphatic heterocycles. The highest BCUT2D eigenvalue weighted by Gasteiger charge is 2.58. The number of hydrogen-bond donors (Lipinski definition) is 0. The Morgan fingerprint density at radius 1 is 1.60 bits per heavy atom. The SMILES string of the molecule is CN(C)CC12COCC1C2. The molecule has 0 radical (unpaired) electrons. The minimum Gasteiger partial charge on any atom is -0.380 e. The molecule has 0 bridgehead atoms. The van der Waals surface area contributed by atoms with Crippen LogP contribution in [0.4, 0.5) is 0 Å². The zero-order valence-electron chi connectivity index (χ0n) is 6.76.